The number of rotatable bonds is 7. The van der Waals surface area contributed by atoms with Crippen LogP contribution in [0.1, 0.15) is 44.1 Å². The molecule has 1 aromatic rings. The molecule has 0 radical (unpaired) electrons. The highest BCUT2D eigenvalue weighted by Gasteiger charge is 2.57. The molecule has 0 aromatic carbocycles. The van der Waals surface area contributed by atoms with Gasteiger partial charge in [0.15, 0.2) is 5.84 Å². The van der Waals surface area contributed by atoms with Crippen molar-refractivity contribution in [2.75, 3.05) is 23.9 Å². The average Bonchev–Trinajstić information content (AvgIpc) is 3.16. The van der Waals surface area contributed by atoms with Crippen LogP contribution in [0.3, 0.4) is 0 Å². The lowest BCUT2D eigenvalue weighted by Crippen LogP contribution is -2.54. The summed E-state index contributed by atoms with van der Waals surface area (Å²) in [7, 11) is -7.45. The summed E-state index contributed by atoms with van der Waals surface area (Å²) in [6.45, 7) is 0.616. The van der Waals surface area contributed by atoms with Gasteiger partial charge in [-0.05, 0) is 60.8 Å². The Morgan fingerprint density at radius 1 is 1.23 bits per heavy atom. The maximum absolute atomic E-state index is 13.8. The number of carbonyl (C=O) groups is 1. The largest absolute Gasteiger partial charge is 0.511 e. The van der Waals surface area contributed by atoms with Crippen LogP contribution < -0.4 is 5.32 Å². The molecule has 2 N–H and O–H groups in total. The van der Waals surface area contributed by atoms with Gasteiger partial charge in [0.1, 0.15) is 31.1 Å². The number of carbonyl (C=O) groups excluding carboxylic acids is 1. The second kappa shape index (κ2) is 8.04. The maximum atomic E-state index is 13.8. The molecule has 6 rings (SSSR count). The van der Waals surface area contributed by atoms with Crippen LogP contribution in [0.4, 0.5) is 5.00 Å². The molecule has 9 nitrogen and oxygen atoms in total. The number of fused-ring (bicyclic) bond motifs is 6. The van der Waals surface area contributed by atoms with Gasteiger partial charge in [0, 0.05) is 24.8 Å². The van der Waals surface area contributed by atoms with Crippen molar-refractivity contribution in [3.05, 3.63) is 22.3 Å². The second-order valence-electron chi connectivity index (χ2n) is 10.7. The Morgan fingerprint density at radius 2 is 1.97 bits per heavy atom. The fourth-order valence-electron chi connectivity index (χ4n) is 6.48. The topological polar surface area (TPSA) is 133 Å². The summed E-state index contributed by atoms with van der Waals surface area (Å²) in [5.74, 6) is 0.447. The van der Waals surface area contributed by atoms with E-state index >= 15 is 0 Å². The first-order valence-electron chi connectivity index (χ1n) is 12.2. The van der Waals surface area contributed by atoms with Crippen LogP contribution in [0, 0.1) is 23.7 Å². The lowest BCUT2D eigenvalue weighted by atomic mass is 9.77. The van der Waals surface area contributed by atoms with E-state index in [9.17, 15) is 26.7 Å². The number of amides is 1. The maximum Gasteiger partial charge on any atom is 0.287 e. The van der Waals surface area contributed by atoms with E-state index in [1.165, 1.54) is 12.8 Å². The molecular formula is C23H29N3O6S3. The number of hydrogen-bond acceptors (Lipinski definition) is 8. The Kier molecular flexibility index (Phi) is 5.39. The first-order valence-corrected chi connectivity index (χ1v) is 16.6. The minimum Gasteiger partial charge on any atom is -0.511 e. The molecule has 190 valence electrons. The molecule has 12 heteroatoms. The monoisotopic (exact) mass is 539 g/mol. The standard InChI is InChI=1S/C23H29N3O6S3/c1-34(29,30)9-7-15-11-33-22-20(15)35(31,32)25-21(24-22)17-19(27)16-13-4-5-14(10-13)18(16)26(23(17)28)8-6-12-2-3-12/h11-14,16,18,27H,2-10H2,1H3,(H,24,25). The van der Waals surface area contributed by atoms with E-state index in [4.69, 9.17) is 0 Å². The molecule has 2 bridgehead atoms. The SMILES string of the molecule is CS(=O)(=O)CCc1csc2c1S(=O)(=O)N=C(C1=C(O)C3C4CCC(C4)C3N(CCC3CC3)C1=O)N2. The van der Waals surface area contributed by atoms with Crippen molar-refractivity contribution in [2.45, 2.75) is 55.9 Å². The lowest BCUT2D eigenvalue weighted by molar-refractivity contribution is -0.133. The minimum atomic E-state index is -4.18. The zero-order valence-electron chi connectivity index (χ0n) is 19.4. The summed E-state index contributed by atoms with van der Waals surface area (Å²) < 4.78 is 53.6. The average molecular weight is 540 g/mol. The Hall–Kier alpha value is -1.92. The molecule has 1 amide bonds. The number of amidine groups is 1. The molecule has 4 unspecified atom stereocenters. The van der Waals surface area contributed by atoms with Crippen molar-refractivity contribution in [3.8, 4) is 0 Å². The number of aryl methyl sites for hydroxylation is 1. The molecule has 0 spiro atoms. The third-order valence-electron chi connectivity index (χ3n) is 8.25. The molecule has 5 aliphatic rings. The van der Waals surface area contributed by atoms with E-state index in [1.54, 1.807) is 5.38 Å². The van der Waals surface area contributed by atoms with Gasteiger partial charge in [-0.1, -0.05) is 12.8 Å². The summed E-state index contributed by atoms with van der Waals surface area (Å²) >= 11 is 1.13. The predicted octanol–water partition coefficient (Wildman–Crippen LogP) is 2.72. The Labute approximate surface area is 209 Å². The molecule has 0 saturated heterocycles. The van der Waals surface area contributed by atoms with Crippen molar-refractivity contribution in [1.29, 1.82) is 0 Å². The van der Waals surface area contributed by atoms with Gasteiger partial charge in [-0.25, -0.2) is 8.42 Å². The molecule has 3 saturated carbocycles. The summed E-state index contributed by atoms with van der Waals surface area (Å²) in [5.41, 5.74) is 0.355. The van der Waals surface area contributed by atoms with E-state index < -0.39 is 19.9 Å². The van der Waals surface area contributed by atoms with Crippen molar-refractivity contribution < 1.29 is 26.7 Å². The number of anilines is 1. The third kappa shape index (κ3) is 4.01. The van der Waals surface area contributed by atoms with Crippen LogP contribution in [0.5, 0.6) is 0 Å². The van der Waals surface area contributed by atoms with Crippen LogP contribution in [0.15, 0.2) is 26.0 Å². The molecule has 3 heterocycles. The smallest absolute Gasteiger partial charge is 0.287 e. The number of aliphatic hydroxyl groups is 1. The van der Waals surface area contributed by atoms with Gasteiger partial charge in [0.2, 0.25) is 0 Å². The Bertz CT molecular complexity index is 1370. The number of thiophene rings is 1. The predicted molar refractivity (Wildman–Crippen MR) is 133 cm³/mol. The van der Waals surface area contributed by atoms with Crippen molar-refractivity contribution in [1.82, 2.24) is 4.90 Å². The van der Waals surface area contributed by atoms with Crippen LogP contribution in [-0.4, -0.2) is 63.2 Å². The van der Waals surface area contributed by atoms with Gasteiger partial charge >= 0.3 is 0 Å². The molecule has 3 aliphatic carbocycles. The number of nitrogens with zero attached hydrogens (tertiary/aromatic N) is 2. The molecular weight excluding hydrogens is 510 g/mol. The van der Waals surface area contributed by atoms with Crippen LogP contribution >= 0.6 is 11.3 Å². The minimum absolute atomic E-state index is 0.0237. The zero-order valence-corrected chi connectivity index (χ0v) is 21.9. The van der Waals surface area contributed by atoms with Gasteiger partial charge in [0.05, 0.1) is 5.75 Å². The molecule has 35 heavy (non-hydrogen) atoms. The van der Waals surface area contributed by atoms with E-state index in [2.05, 4.69) is 9.71 Å². The lowest BCUT2D eigenvalue weighted by Gasteiger charge is -2.44. The molecule has 3 fully saturated rings. The zero-order chi connectivity index (χ0) is 24.7. The number of sulfonamides is 1. The number of aliphatic hydroxyl groups excluding tert-OH is 1. The summed E-state index contributed by atoms with van der Waals surface area (Å²) in [6.07, 6.45) is 7.52. The molecule has 2 aliphatic heterocycles. The normalized spacial score (nSPS) is 31.3. The molecule has 1 aromatic heterocycles. The Balaban J connectivity index is 1.37. The quantitative estimate of drug-likeness (QED) is 0.544. The van der Waals surface area contributed by atoms with Crippen LogP contribution in [0.25, 0.3) is 0 Å². The number of nitrogens with one attached hydrogen (secondary N) is 1. The van der Waals surface area contributed by atoms with E-state index in [0.717, 1.165) is 43.3 Å². The highest BCUT2D eigenvalue weighted by Crippen LogP contribution is 2.55. The van der Waals surface area contributed by atoms with Gasteiger partial charge in [-0.15, -0.1) is 15.7 Å². The summed E-state index contributed by atoms with van der Waals surface area (Å²) in [5, 5.41) is 16.3. The third-order valence-corrected chi connectivity index (χ3v) is 11.7. The highest BCUT2D eigenvalue weighted by molar-refractivity contribution is 7.91. The number of sulfone groups is 1. The second-order valence-corrected chi connectivity index (χ2v) is 15.4. The van der Waals surface area contributed by atoms with E-state index in [-0.39, 0.29) is 58.0 Å². The van der Waals surface area contributed by atoms with Gasteiger partial charge < -0.3 is 15.3 Å². The fraction of sp³-hybridized carbons (Fsp3) is 0.652. The van der Waals surface area contributed by atoms with Gasteiger partial charge in [-0.3, -0.25) is 4.79 Å². The first kappa shape index (κ1) is 23.5. The van der Waals surface area contributed by atoms with E-state index in [1.807, 2.05) is 4.90 Å². The van der Waals surface area contributed by atoms with Gasteiger partial charge in [0.25, 0.3) is 15.9 Å². The summed E-state index contributed by atoms with van der Waals surface area (Å²) in [4.78, 5) is 15.6. The van der Waals surface area contributed by atoms with Crippen molar-refractivity contribution in [2.24, 2.45) is 28.1 Å². The summed E-state index contributed by atoms with van der Waals surface area (Å²) in [6, 6.07) is -0.0237. The first-order chi connectivity index (χ1) is 16.5. The number of hydrogen-bond donors (Lipinski definition) is 2. The van der Waals surface area contributed by atoms with Crippen LogP contribution in [-0.2, 0) is 31.1 Å². The molecule has 4 atom stereocenters. The van der Waals surface area contributed by atoms with Gasteiger partial charge in [-0.2, -0.15) is 8.42 Å². The van der Waals surface area contributed by atoms with Crippen LogP contribution in [0.2, 0.25) is 0 Å². The fourth-order valence-corrected chi connectivity index (χ4v) is 9.74. The highest BCUT2D eigenvalue weighted by atomic mass is 32.2. The van der Waals surface area contributed by atoms with Crippen molar-refractivity contribution >= 4 is 47.9 Å². The van der Waals surface area contributed by atoms with E-state index in [0.29, 0.717) is 28.9 Å². The Morgan fingerprint density at radius 3 is 2.69 bits per heavy atom. The van der Waals surface area contributed by atoms with Crippen molar-refractivity contribution in [3.63, 3.8) is 0 Å².